The first-order chi connectivity index (χ1) is 8.08. The van der Waals surface area contributed by atoms with Crippen LogP contribution in [0.4, 0.5) is 14.5 Å². The molecule has 4 heteroatoms. The van der Waals surface area contributed by atoms with Gasteiger partial charge < -0.3 is 5.73 Å². The molecule has 1 nitrogen and oxygen atoms in total. The second kappa shape index (κ2) is 4.75. The smallest absolute Gasteiger partial charge is 0.174 e. The lowest BCUT2D eigenvalue weighted by atomic mass is 10.2. The minimum Gasteiger partial charge on any atom is -0.398 e. The molecule has 0 aliphatic rings. The number of hydrogen-bond acceptors (Lipinski definition) is 2. The zero-order valence-corrected chi connectivity index (χ0v) is 10.0. The third-order valence-electron chi connectivity index (χ3n) is 2.32. The standard InChI is InChI=1S/C13H11F2NS/c1-8-2-4-9(5-3-8)17-13-11(16)7-6-10(14)12(13)15/h2-7H,16H2,1H3. The van der Waals surface area contributed by atoms with E-state index in [2.05, 4.69) is 0 Å². The summed E-state index contributed by atoms with van der Waals surface area (Å²) in [4.78, 5) is 0.959. The Balaban J connectivity index is 2.36. The number of benzene rings is 2. The quantitative estimate of drug-likeness (QED) is 0.816. The van der Waals surface area contributed by atoms with Gasteiger partial charge in [-0.05, 0) is 31.2 Å². The maximum Gasteiger partial charge on any atom is 0.174 e. The first-order valence-corrected chi connectivity index (χ1v) is 5.87. The largest absolute Gasteiger partial charge is 0.398 e. The Hall–Kier alpha value is -1.55. The molecule has 0 heterocycles. The molecule has 0 bridgehead atoms. The van der Waals surface area contributed by atoms with Crippen LogP contribution in [0.2, 0.25) is 0 Å². The van der Waals surface area contributed by atoms with Crippen molar-refractivity contribution in [2.24, 2.45) is 0 Å². The predicted octanol–water partition coefficient (Wildman–Crippen LogP) is 4.01. The summed E-state index contributed by atoms with van der Waals surface area (Å²) in [5, 5.41) is 0. The highest BCUT2D eigenvalue weighted by Crippen LogP contribution is 2.35. The van der Waals surface area contributed by atoms with Gasteiger partial charge >= 0.3 is 0 Å². The number of aryl methyl sites for hydroxylation is 1. The second-order valence-electron chi connectivity index (χ2n) is 3.69. The summed E-state index contributed by atoms with van der Waals surface area (Å²) in [6, 6.07) is 9.93. The number of halogens is 2. The lowest BCUT2D eigenvalue weighted by Gasteiger charge is -2.07. The molecule has 0 spiro atoms. The van der Waals surface area contributed by atoms with E-state index in [1.807, 2.05) is 31.2 Å². The summed E-state index contributed by atoms with van der Waals surface area (Å²) in [5.74, 6) is -1.77. The fourth-order valence-electron chi connectivity index (χ4n) is 1.37. The molecule has 88 valence electrons. The molecular weight excluding hydrogens is 240 g/mol. The SMILES string of the molecule is Cc1ccc(Sc2c(N)ccc(F)c2F)cc1. The Bertz CT molecular complexity index is 538. The van der Waals surface area contributed by atoms with E-state index < -0.39 is 11.6 Å². The summed E-state index contributed by atoms with van der Waals surface area (Å²) in [6.07, 6.45) is 0. The summed E-state index contributed by atoms with van der Waals surface area (Å²) in [6.45, 7) is 1.96. The molecule has 0 aliphatic carbocycles. The summed E-state index contributed by atoms with van der Waals surface area (Å²) in [5.41, 5.74) is 7.00. The summed E-state index contributed by atoms with van der Waals surface area (Å²) < 4.78 is 26.6. The number of nitrogen functional groups attached to an aromatic ring is 1. The van der Waals surface area contributed by atoms with Crippen molar-refractivity contribution in [2.45, 2.75) is 16.7 Å². The van der Waals surface area contributed by atoms with E-state index in [1.54, 1.807) is 0 Å². The highest BCUT2D eigenvalue weighted by Gasteiger charge is 2.13. The molecule has 2 rings (SSSR count). The summed E-state index contributed by atoms with van der Waals surface area (Å²) >= 11 is 1.12. The molecule has 0 atom stereocenters. The molecule has 17 heavy (non-hydrogen) atoms. The van der Waals surface area contributed by atoms with Gasteiger partial charge in [-0.3, -0.25) is 0 Å². The van der Waals surface area contributed by atoms with Crippen LogP contribution in [0.1, 0.15) is 5.56 Å². The maximum atomic E-state index is 13.6. The van der Waals surface area contributed by atoms with E-state index in [0.717, 1.165) is 28.3 Å². The monoisotopic (exact) mass is 251 g/mol. The summed E-state index contributed by atoms with van der Waals surface area (Å²) in [7, 11) is 0. The molecular formula is C13H11F2NS. The van der Waals surface area contributed by atoms with Gasteiger partial charge in [-0.25, -0.2) is 8.78 Å². The van der Waals surface area contributed by atoms with Gasteiger partial charge in [-0.1, -0.05) is 29.5 Å². The minimum absolute atomic E-state index is 0.133. The van der Waals surface area contributed by atoms with Crippen molar-refractivity contribution in [3.8, 4) is 0 Å². The fraction of sp³-hybridized carbons (Fsp3) is 0.0769. The third kappa shape index (κ3) is 2.58. The van der Waals surface area contributed by atoms with E-state index in [1.165, 1.54) is 6.07 Å². The molecule has 2 N–H and O–H groups in total. The second-order valence-corrected chi connectivity index (χ2v) is 4.78. The molecule has 0 radical (unpaired) electrons. The molecule has 0 aliphatic heterocycles. The highest BCUT2D eigenvalue weighted by molar-refractivity contribution is 7.99. The van der Waals surface area contributed by atoms with Crippen LogP contribution in [0.15, 0.2) is 46.2 Å². The van der Waals surface area contributed by atoms with Crippen molar-refractivity contribution in [1.82, 2.24) is 0 Å². The normalized spacial score (nSPS) is 10.5. The number of rotatable bonds is 2. The van der Waals surface area contributed by atoms with Gasteiger partial charge in [0.25, 0.3) is 0 Å². The first kappa shape index (κ1) is 11.9. The van der Waals surface area contributed by atoms with Crippen LogP contribution in [0, 0.1) is 18.6 Å². The van der Waals surface area contributed by atoms with Crippen molar-refractivity contribution < 1.29 is 8.78 Å². The zero-order chi connectivity index (χ0) is 12.4. The lowest BCUT2D eigenvalue weighted by Crippen LogP contribution is -1.95. The molecule has 0 unspecified atom stereocenters. The van der Waals surface area contributed by atoms with E-state index in [4.69, 9.17) is 5.73 Å². The van der Waals surface area contributed by atoms with Gasteiger partial charge in [0.05, 0.1) is 4.90 Å². The van der Waals surface area contributed by atoms with Crippen LogP contribution in [-0.2, 0) is 0 Å². The molecule has 0 aromatic heterocycles. The molecule has 2 aromatic carbocycles. The third-order valence-corrected chi connectivity index (χ3v) is 3.45. The number of nitrogens with two attached hydrogens (primary N) is 1. The Morgan fingerprint density at radius 2 is 1.65 bits per heavy atom. The van der Waals surface area contributed by atoms with Crippen LogP contribution in [0.5, 0.6) is 0 Å². The molecule has 0 fully saturated rings. The van der Waals surface area contributed by atoms with Gasteiger partial charge in [0.2, 0.25) is 0 Å². The highest BCUT2D eigenvalue weighted by atomic mass is 32.2. The van der Waals surface area contributed by atoms with Crippen LogP contribution >= 0.6 is 11.8 Å². The Morgan fingerprint density at radius 3 is 2.29 bits per heavy atom. The van der Waals surface area contributed by atoms with Gasteiger partial charge in [-0.2, -0.15) is 0 Å². The fourth-order valence-corrected chi connectivity index (χ4v) is 2.26. The first-order valence-electron chi connectivity index (χ1n) is 5.06. The van der Waals surface area contributed by atoms with Crippen molar-refractivity contribution in [3.63, 3.8) is 0 Å². The average molecular weight is 251 g/mol. The lowest BCUT2D eigenvalue weighted by molar-refractivity contribution is 0.492. The number of hydrogen-bond donors (Lipinski definition) is 1. The van der Waals surface area contributed by atoms with Crippen LogP contribution in [0.25, 0.3) is 0 Å². The van der Waals surface area contributed by atoms with Crippen LogP contribution < -0.4 is 5.73 Å². The van der Waals surface area contributed by atoms with E-state index >= 15 is 0 Å². The molecule has 0 saturated carbocycles. The van der Waals surface area contributed by atoms with Gasteiger partial charge in [0.1, 0.15) is 0 Å². The zero-order valence-electron chi connectivity index (χ0n) is 9.21. The predicted molar refractivity (Wildman–Crippen MR) is 66.1 cm³/mol. The van der Waals surface area contributed by atoms with Crippen molar-refractivity contribution >= 4 is 17.4 Å². The van der Waals surface area contributed by atoms with Gasteiger partial charge in [0, 0.05) is 10.6 Å². The number of anilines is 1. The molecule has 2 aromatic rings. The Morgan fingerprint density at radius 1 is 1.00 bits per heavy atom. The van der Waals surface area contributed by atoms with Crippen LogP contribution in [0.3, 0.4) is 0 Å². The minimum atomic E-state index is -0.893. The van der Waals surface area contributed by atoms with Crippen molar-refractivity contribution in [2.75, 3.05) is 5.73 Å². The van der Waals surface area contributed by atoms with E-state index in [-0.39, 0.29) is 10.6 Å². The van der Waals surface area contributed by atoms with Gasteiger partial charge in [-0.15, -0.1) is 0 Å². The van der Waals surface area contributed by atoms with Crippen LogP contribution in [-0.4, -0.2) is 0 Å². The maximum absolute atomic E-state index is 13.6. The molecule has 0 saturated heterocycles. The van der Waals surface area contributed by atoms with Gasteiger partial charge in [0.15, 0.2) is 11.6 Å². The Kier molecular flexibility index (Phi) is 3.33. The molecule has 0 amide bonds. The Labute approximate surface area is 103 Å². The van der Waals surface area contributed by atoms with Crippen molar-refractivity contribution in [1.29, 1.82) is 0 Å². The topological polar surface area (TPSA) is 26.0 Å². The van der Waals surface area contributed by atoms with E-state index in [0.29, 0.717) is 0 Å². The van der Waals surface area contributed by atoms with Crippen molar-refractivity contribution in [3.05, 3.63) is 53.6 Å². The van der Waals surface area contributed by atoms with E-state index in [9.17, 15) is 8.78 Å². The average Bonchev–Trinajstić information content (AvgIpc) is 2.32.